The molecule has 4 heteroatoms. The summed E-state index contributed by atoms with van der Waals surface area (Å²) in [6.07, 6.45) is 0. The summed E-state index contributed by atoms with van der Waals surface area (Å²) in [6.45, 7) is 11.4. The Morgan fingerprint density at radius 1 is 1.20 bits per heavy atom. The summed E-state index contributed by atoms with van der Waals surface area (Å²) in [5.41, 5.74) is 3.01. The van der Waals surface area contributed by atoms with Crippen LogP contribution >= 0.6 is 11.6 Å². The number of phenolic OH excluding ortho intramolecular Hbond substituents is 1. The fourth-order valence-corrected chi connectivity index (χ4v) is 2.96. The van der Waals surface area contributed by atoms with Crippen molar-refractivity contribution in [2.75, 3.05) is 19.7 Å². The van der Waals surface area contributed by atoms with Crippen LogP contribution in [0.5, 0.6) is 11.5 Å². The van der Waals surface area contributed by atoms with Gasteiger partial charge in [0.15, 0.2) is 0 Å². The molecular weight excluding hydrogens is 334 g/mol. The standard InChI is InChI=1S/C21H28ClNO2/c1-5-23(14-17-8-6-7-9-19(17)22)10-11-25-21-12-16(4)20(24)13-18(21)15(2)3/h6-9,12-13,15,24H,5,10-11,14H2,1-4H3. The molecule has 0 bridgehead atoms. The van der Waals surface area contributed by atoms with E-state index >= 15 is 0 Å². The van der Waals surface area contributed by atoms with Crippen LogP contribution in [-0.4, -0.2) is 29.7 Å². The maximum atomic E-state index is 9.94. The molecule has 0 saturated heterocycles. The molecule has 3 nitrogen and oxygen atoms in total. The second-order valence-corrected chi connectivity index (χ2v) is 7.05. The van der Waals surface area contributed by atoms with E-state index in [1.54, 1.807) is 0 Å². The van der Waals surface area contributed by atoms with Crippen LogP contribution in [0.3, 0.4) is 0 Å². The highest BCUT2D eigenvalue weighted by Gasteiger charge is 2.12. The third-order valence-electron chi connectivity index (χ3n) is 4.41. The van der Waals surface area contributed by atoms with Gasteiger partial charge < -0.3 is 9.84 Å². The van der Waals surface area contributed by atoms with Crippen molar-refractivity contribution in [3.05, 3.63) is 58.1 Å². The third kappa shape index (κ3) is 5.38. The molecule has 0 aromatic heterocycles. The van der Waals surface area contributed by atoms with Crippen LogP contribution < -0.4 is 4.74 Å². The first-order valence-corrected chi connectivity index (χ1v) is 9.22. The highest BCUT2D eigenvalue weighted by atomic mass is 35.5. The first-order valence-electron chi connectivity index (χ1n) is 8.84. The number of likely N-dealkylation sites (N-methyl/N-ethyl adjacent to an activating group) is 1. The van der Waals surface area contributed by atoms with E-state index in [0.29, 0.717) is 18.3 Å². The number of ether oxygens (including phenoxy) is 1. The second-order valence-electron chi connectivity index (χ2n) is 6.64. The maximum absolute atomic E-state index is 9.94. The molecule has 2 rings (SSSR count). The number of hydrogen-bond donors (Lipinski definition) is 1. The fourth-order valence-electron chi connectivity index (χ4n) is 2.76. The quantitative estimate of drug-likeness (QED) is 0.685. The molecule has 0 amide bonds. The predicted molar refractivity (Wildman–Crippen MR) is 105 cm³/mol. The Labute approximate surface area is 156 Å². The Kier molecular flexibility index (Phi) is 7.15. The minimum atomic E-state index is 0.298. The predicted octanol–water partition coefficient (Wildman–Crippen LogP) is 5.38. The van der Waals surface area contributed by atoms with Gasteiger partial charge in [-0.05, 0) is 48.7 Å². The van der Waals surface area contributed by atoms with Crippen LogP contribution in [0.2, 0.25) is 5.02 Å². The Bertz CT molecular complexity index is 700. The van der Waals surface area contributed by atoms with Gasteiger partial charge >= 0.3 is 0 Å². The van der Waals surface area contributed by atoms with Crippen molar-refractivity contribution < 1.29 is 9.84 Å². The number of phenols is 1. The average Bonchev–Trinajstić information content (AvgIpc) is 2.58. The molecule has 0 aliphatic heterocycles. The van der Waals surface area contributed by atoms with E-state index in [0.717, 1.165) is 47.1 Å². The highest BCUT2D eigenvalue weighted by Crippen LogP contribution is 2.32. The second kappa shape index (κ2) is 9.12. The summed E-state index contributed by atoms with van der Waals surface area (Å²) in [5, 5.41) is 10.7. The molecule has 136 valence electrons. The summed E-state index contributed by atoms with van der Waals surface area (Å²) < 4.78 is 6.05. The number of rotatable bonds is 8. The number of benzene rings is 2. The van der Waals surface area contributed by atoms with Gasteiger partial charge in [0.1, 0.15) is 18.1 Å². The van der Waals surface area contributed by atoms with Gasteiger partial charge in [0.2, 0.25) is 0 Å². The van der Waals surface area contributed by atoms with Gasteiger partial charge in [-0.25, -0.2) is 0 Å². The van der Waals surface area contributed by atoms with Gasteiger partial charge in [-0.15, -0.1) is 0 Å². The van der Waals surface area contributed by atoms with Gasteiger partial charge in [-0.2, -0.15) is 0 Å². The number of aryl methyl sites for hydroxylation is 1. The molecule has 0 fully saturated rings. The zero-order valence-corrected chi connectivity index (χ0v) is 16.3. The number of nitrogens with zero attached hydrogens (tertiary/aromatic N) is 1. The van der Waals surface area contributed by atoms with Crippen molar-refractivity contribution in [1.29, 1.82) is 0 Å². The van der Waals surface area contributed by atoms with Gasteiger partial charge in [-0.1, -0.05) is 50.6 Å². The first kappa shape index (κ1) is 19.6. The summed E-state index contributed by atoms with van der Waals surface area (Å²) in [6, 6.07) is 11.7. The van der Waals surface area contributed by atoms with E-state index in [2.05, 4.69) is 31.7 Å². The Morgan fingerprint density at radius 2 is 1.92 bits per heavy atom. The van der Waals surface area contributed by atoms with E-state index < -0.39 is 0 Å². The van der Waals surface area contributed by atoms with E-state index in [1.165, 1.54) is 0 Å². The summed E-state index contributed by atoms with van der Waals surface area (Å²) >= 11 is 6.26. The molecule has 0 spiro atoms. The topological polar surface area (TPSA) is 32.7 Å². The maximum Gasteiger partial charge on any atom is 0.123 e. The monoisotopic (exact) mass is 361 g/mol. The fraction of sp³-hybridized carbons (Fsp3) is 0.429. The van der Waals surface area contributed by atoms with Crippen molar-refractivity contribution in [2.24, 2.45) is 0 Å². The van der Waals surface area contributed by atoms with Crippen LogP contribution in [0.25, 0.3) is 0 Å². The van der Waals surface area contributed by atoms with Crippen molar-refractivity contribution >= 4 is 11.6 Å². The van der Waals surface area contributed by atoms with Crippen molar-refractivity contribution in [2.45, 2.75) is 40.2 Å². The molecular formula is C21H28ClNO2. The van der Waals surface area contributed by atoms with Crippen molar-refractivity contribution in [1.82, 2.24) is 4.90 Å². The van der Waals surface area contributed by atoms with E-state index in [9.17, 15) is 5.11 Å². The Hall–Kier alpha value is -1.71. The Balaban J connectivity index is 1.99. The molecule has 0 radical (unpaired) electrons. The first-order chi connectivity index (χ1) is 11.9. The normalized spacial score (nSPS) is 11.3. The van der Waals surface area contributed by atoms with E-state index in [4.69, 9.17) is 16.3 Å². The van der Waals surface area contributed by atoms with E-state index in [1.807, 2.05) is 37.3 Å². The lowest BCUT2D eigenvalue weighted by atomic mass is 10.00. The molecule has 0 atom stereocenters. The highest BCUT2D eigenvalue weighted by molar-refractivity contribution is 6.31. The summed E-state index contributed by atoms with van der Waals surface area (Å²) in [7, 11) is 0. The van der Waals surface area contributed by atoms with Gasteiger partial charge in [0, 0.05) is 23.7 Å². The molecule has 0 aliphatic carbocycles. The molecule has 0 heterocycles. The molecule has 2 aromatic carbocycles. The van der Waals surface area contributed by atoms with Crippen LogP contribution in [0.15, 0.2) is 36.4 Å². The minimum Gasteiger partial charge on any atom is -0.508 e. The van der Waals surface area contributed by atoms with Crippen molar-refractivity contribution in [3.8, 4) is 11.5 Å². The zero-order chi connectivity index (χ0) is 18.4. The number of hydrogen-bond acceptors (Lipinski definition) is 3. The van der Waals surface area contributed by atoms with Crippen LogP contribution in [0, 0.1) is 6.92 Å². The van der Waals surface area contributed by atoms with Gasteiger partial charge in [-0.3, -0.25) is 4.90 Å². The SMILES string of the molecule is CCN(CCOc1cc(C)c(O)cc1C(C)C)Cc1ccccc1Cl. The molecule has 0 aliphatic rings. The lowest BCUT2D eigenvalue weighted by Crippen LogP contribution is -2.28. The number of aromatic hydroxyl groups is 1. The van der Waals surface area contributed by atoms with E-state index in [-0.39, 0.29) is 0 Å². The largest absolute Gasteiger partial charge is 0.508 e. The average molecular weight is 362 g/mol. The van der Waals surface area contributed by atoms with Crippen LogP contribution in [0.4, 0.5) is 0 Å². The van der Waals surface area contributed by atoms with Crippen LogP contribution in [0.1, 0.15) is 43.4 Å². The smallest absolute Gasteiger partial charge is 0.123 e. The van der Waals surface area contributed by atoms with Gasteiger partial charge in [0.05, 0.1) is 0 Å². The molecule has 0 unspecified atom stereocenters. The summed E-state index contributed by atoms with van der Waals surface area (Å²) in [5.74, 6) is 1.48. The molecule has 25 heavy (non-hydrogen) atoms. The third-order valence-corrected chi connectivity index (χ3v) is 4.78. The van der Waals surface area contributed by atoms with Crippen molar-refractivity contribution in [3.63, 3.8) is 0 Å². The molecule has 0 saturated carbocycles. The summed E-state index contributed by atoms with van der Waals surface area (Å²) in [4.78, 5) is 2.31. The van der Waals surface area contributed by atoms with Crippen LogP contribution in [-0.2, 0) is 6.54 Å². The lowest BCUT2D eigenvalue weighted by Gasteiger charge is -2.22. The lowest BCUT2D eigenvalue weighted by molar-refractivity contribution is 0.208. The Morgan fingerprint density at radius 3 is 2.56 bits per heavy atom. The van der Waals surface area contributed by atoms with Gasteiger partial charge in [0.25, 0.3) is 0 Å². The minimum absolute atomic E-state index is 0.298. The molecule has 2 aromatic rings. The number of halogens is 1. The zero-order valence-electron chi connectivity index (χ0n) is 15.6. The molecule has 1 N–H and O–H groups in total.